The Morgan fingerprint density at radius 1 is 1.13 bits per heavy atom. The van der Waals surface area contributed by atoms with Gasteiger partial charge in [-0.05, 0) is 26.0 Å². The van der Waals surface area contributed by atoms with Crippen LogP contribution in [0.5, 0.6) is 11.5 Å². The number of hydrogen-bond acceptors (Lipinski definition) is 5. The first-order valence-electron chi connectivity index (χ1n) is 9.38. The van der Waals surface area contributed by atoms with Crippen molar-refractivity contribution in [3.05, 3.63) is 63.1 Å². The predicted octanol–water partition coefficient (Wildman–Crippen LogP) is 1.96. The van der Waals surface area contributed by atoms with E-state index in [0.29, 0.717) is 28.4 Å². The van der Waals surface area contributed by atoms with Gasteiger partial charge in [-0.3, -0.25) is 22.9 Å². The van der Waals surface area contributed by atoms with E-state index in [1.165, 1.54) is 10.6 Å². The molecule has 0 unspecified atom stereocenters. The molecule has 3 heterocycles. The van der Waals surface area contributed by atoms with Crippen LogP contribution in [0.3, 0.4) is 0 Å². The smallest absolute Gasteiger partial charge is 0.332 e. The van der Waals surface area contributed by atoms with E-state index < -0.39 is 11.2 Å². The molecule has 0 atom stereocenters. The summed E-state index contributed by atoms with van der Waals surface area (Å²) in [6, 6.07) is 5.47. The minimum Gasteiger partial charge on any atom is -0.497 e. The summed E-state index contributed by atoms with van der Waals surface area (Å²) in [6.45, 7) is 7.63. The van der Waals surface area contributed by atoms with E-state index in [4.69, 9.17) is 9.47 Å². The average Bonchev–Trinajstić information content (AvgIpc) is 3.24. The van der Waals surface area contributed by atoms with Gasteiger partial charge < -0.3 is 9.47 Å². The molecule has 0 spiro atoms. The Morgan fingerprint density at radius 3 is 2.50 bits per heavy atom. The van der Waals surface area contributed by atoms with Gasteiger partial charge in [0.15, 0.2) is 11.2 Å². The molecule has 0 aliphatic rings. The average molecular weight is 409 g/mol. The van der Waals surface area contributed by atoms with Gasteiger partial charge in [-0.1, -0.05) is 6.08 Å². The molecule has 0 radical (unpaired) electrons. The van der Waals surface area contributed by atoms with Gasteiger partial charge in [0, 0.05) is 31.0 Å². The molecule has 30 heavy (non-hydrogen) atoms. The Balaban J connectivity index is 2.21. The summed E-state index contributed by atoms with van der Waals surface area (Å²) in [5.41, 5.74) is 2.26. The summed E-state index contributed by atoms with van der Waals surface area (Å²) in [6.07, 6.45) is 1.53. The van der Waals surface area contributed by atoms with E-state index in [1.807, 2.05) is 36.6 Å². The van der Waals surface area contributed by atoms with Crippen LogP contribution in [0, 0.1) is 13.8 Å². The lowest BCUT2D eigenvalue weighted by Gasteiger charge is -2.13. The van der Waals surface area contributed by atoms with Crippen molar-refractivity contribution in [2.24, 2.45) is 7.05 Å². The molecule has 4 aromatic rings. The highest BCUT2D eigenvalue weighted by molar-refractivity contribution is 5.77. The Bertz CT molecular complexity index is 1430. The van der Waals surface area contributed by atoms with Gasteiger partial charge >= 0.3 is 5.69 Å². The van der Waals surface area contributed by atoms with E-state index in [2.05, 4.69) is 11.6 Å². The standard InChI is InChI=1S/C21H23N5O4/c1-7-10-24-19(27)17-18(23(4)21(24)28)22-20-25(12(2)13(3)26(17)20)15-11-14(29-5)8-9-16(15)30-6/h7-9,11H,1,10H2,2-6H3. The highest BCUT2D eigenvalue weighted by Gasteiger charge is 2.24. The molecule has 3 aromatic heterocycles. The minimum atomic E-state index is -0.437. The molecule has 156 valence electrons. The summed E-state index contributed by atoms with van der Waals surface area (Å²) in [4.78, 5) is 30.5. The number of aryl methyl sites for hydroxylation is 2. The molecule has 0 fully saturated rings. The van der Waals surface area contributed by atoms with Gasteiger partial charge in [0.2, 0.25) is 5.78 Å². The monoisotopic (exact) mass is 409 g/mol. The summed E-state index contributed by atoms with van der Waals surface area (Å²) in [7, 11) is 4.79. The molecule has 4 rings (SSSR count). The number of imidazole rings is 2. The van der Waals surface area contributed by atoms with Crippen LogP contribution in [0.4, 0.5) is 0 Å². The maximum atomic E-state index is 13.2. The highest BCUT2D eigenvalue weighted by atomic mass is 16.5. The molecule has 0 bridgehead atoms. The Morgan fingerprint density at radius 2 is 1.87 bits per heavy atom. The Hall–Kier alpha value is -3.75. The molecule has 9 nitrogen and oxygen atoms in total. The number of nitrogens with zero attached hydrogens (tertiary/aromatic N) is 5. The normalized spacial score (nSPS) is 11.4. The van der Waals surface area contributed by atoms with Crippen molar-refractivity contribution >= 4 is 16.9 Å². The molecule has 0 amide bonds. The van der Waals surface area contributed by atoms with Crippen molar-refractivity contribution in [1.82, 2.24) is 23.1 Å². The third kappa shape index (κ3) is 2.51. The number of rotatable bonds is 5. The zero-order valence-corrected chi connectivity index (χ0v) is 17.6. The molecule has 0 aliphatic carbocycles. The number of aromatic nitrogens is 5. The second kappa shape index (κ2) is 6.94. The molecule has 9 heteroatoms. The maximum Gasteiger partial charge on any atom is 0.332 e. The van der Waals surface area contributed by atoms with Crippen LogP contribution in [-0.4, -0.2) is 37.3 Å². The number of hydrogen-bond donors (Lipinski definition) is 0. The summed E-state index contributed by atoms with van der Waals surface area (Å²) in [5.74, 6) is 1.79. The topological polar surface area (TPSA) is 84.7 Å². The van der Waals surface area contributed by atoms with Gasteiger partial charge in [-0.15, -0.1) is 6.58 Å². The second-order valence-electron chi connectivity index (χ2n) is 7.01. The van der Waals surface area contributed by atoms with Crippen molar-refractivity contribution < 1.29 is 9.47 Å². The van der Waals surface area contributed by atoms with Crippen LogP contribution < -0.4 is 20.7 Å². The van der Waals surface area contributed by atoms with Crippen LogP contribution in [-0.2, 0) is 13.6 Å². The summed E-state index contributed by atoms with van der Waals surface area (Å²) in [5, 5.41) is 0. The second-order valence-corrected chi connectivity index (χ2v) is 7.01. The predicted molar refractivity (Wildman–Crippen MR) is 114 cm³/mol. The van der Waals surface area contributed by atoms with Crippen molar-refractivity contribution in [1.29, 1.82) is 0 Å². The van der Waals surface area contributed by atoms with E-state index in [9.17, 15) is 9.59 Å². The zero-order chi connectivity index (χ0) is 21.7. The minimum absolute atomic E-state index is 0.122. The lowest BCUT2D eigenvalue weighted by Crippen LogP contribution is -2.39. The van der Waals surface area contributed by atoms with Crippen LogP contribution in [0.2, 0.25) is 0 Å². The first-order chi connectivity index (χ1) is 14.3. The van der Waals surface area contributed by atoms with Gasteiger partial charge in [0.1, 0.15) is 11.5 Å². The SMILES string of the molecule is C=CCn1c(=O)c2c(nc3n(-c4cc(OC)ccc4OC)c(C)c(C)n23)n(C)c1=O. The van der Waals surface area contributed by atoms with Gasteiger partial charge in [0.25, 0.3) is 5.56 Å². The number of fused-ring (bicyclic) bond motifs is 3. The Kier molecular flexibility index (Phi) is 4.53. The fourth-order valence-electron chi connectivity index (χ4n) is 3.80. The van der Waals surface area contributed by atoms with Gasteiger partial charge in [0.05, 0.1) is 19.9 Å². The number of benzene rings is 1. The number of ether oxygens (including phenoxy) is 2. The lowest BCUT2D eigenvalue weighted by molar-refractivity contribution is 0.401. The van der Waals surface area contributed by atoms with Gasteiger partial charge in [-0.2, -0.15) is 4.98 Å². The molecule has 0 N–H and O–H groups in total. The van der Waals surface area contributed by atoms with Crippen molar-refractivity contribution in [3.8, 4) is 17.2 Å². The van der Waals surface area contributed by atoms with E-state index in [0.717, 1.165) is 21.6 Å². The molecular formula is C21H23N5O4. The van der Waals surface area contributed by atoms with Gasteiger partial charge in [-0.25, -0.2) is 4.79 Å². The number of methoxy groups -OCH3 is 2. The quantitative estimate of drug-likeness (QED) is 0.471. The van der Waals surface area contributed by atoms with Crippen molar-refractivity contribution in [3.63, 3.8) is 0 Å². The summed E-state index contributed by atoms with van der Waals surface area (Å²) < 4.78 is 17.2. The molecular weight excluding hydrogens is 386 g/mol. The van der Waals surface area contributed by atoms with Crippen molar-refractivity contribution in [2.45, 2.75) is 20.4 Å². The molecule has 0 aliphatic heterocycles. The largest absolute Gasteiger partial charge is 0.497 e. The van der Waals surface area contributed by atoms with E-state index in [1.54, 1.807) is 25.7 Å². The fraction of sp³-hybridized carbons (Fsp3) is 0.286. The maximum absolute atomic E-state index is 13.2. The van der Waals surface area contributed by atoms with Crippen LogP contribution >= 0.6 is 0 Å². The lowest BCUT2D eigenvalue weighted by atomic mass is 10.2. The van der Waals surface area contributed by atoms with Crippen LogP contribution in [0.25, 0.3) is 22.6 Å². The zero-order valence-electron chi connectivity index (χ0n) is 17.6. The third-order valence-electron chi connectivity index (χ3n) is 5.46. The molecule has 0 saturated carbocycles. The first-order valence-corrected chi connectivity index (χ1v) is 9.38. The number of allylic oxidation sites excluding steroid dienone is 1. The summed E-state index contributed by atoms with van der Waals surface area (Å²) >= 11 is 0. The third-order valence-corrected chi connectivity index (χ3v) is 5.46. The van der Waals surface area contributed by atoms with E-state index >= 15 is 0 Å². The molecule has 0 saturated heterocycles. The van der Waals surface area contributed by atoms with Crippen LogP contribution in [0.15, 0.2) is 40.4 Å². The highest BCUT2D eigenvalue weighted by Crippen LogP contribution is 2.32. The fourth-order valence-corrected chi connectivity index (χ4v) is 3.80. The van der Waals surface area contributed by atoms with E-state index in [-0.39, 0.29) is 6.54 Å². The Labute approximate surface area is 172 Å². The first kappa shape index (κ1) is 19.6. The van der Waals surface area contributed by atoms with Crippen molar-refractivity contribution in [2.75, 3.05) is 14.2 Å². The molecule has 1 aromatic carbocycles. The van der Waals surface area contributed by atoms with Crippen LogP contribution in [0.1, 0.15) is 11.4 Å².